The van der Waals surface area contributed by atoms with Gasteiger partial charge in [0, 0.05) is 12.6 Å². The van der Waals surface area contributed by atoms with Gasteiger partial charge in [0.1, 0.15) is 5.69 Å². The van der Waals surface area contributed by atoms with Crippen LogP contribution in [0.15, 0.2) is 12.1 Å². The second-order valence-electron chi connectivity index (χ2n) is 5.02. The van der Waals surface area contributed by atoms with Gasteiger partial charge in [-0.2, -0.15) is 0 Å². The molecule has 1 aliphatic rings. The lowest BCUT2D eigenvalue weighted by molar-refractivity contribution is -0.384. The van der Waals surface area contributed by atoms with E-state index in [0.29, 0.717) is 5.75 Å². The van der Waals surface area contributed by atoms with Gasteiger partial charge in [-0.15, -0.1) is 0 Å². The van der Waals surface area contributed by atoms with Crippen molar-refractivity contribution in [1.29, 1.82) is 0 Å². The Morgan fingerprint density at radius 3 is 2.60 bits per heavy atom. The molecule has 8 heteroatoms. The highest BCUT2D eigenvalue weighted by Gasteiger charge is 2.30. The molecule has 0 spiro atoms. The van der Waals surface area contributed by atoms with Crippen molar-refractivity contribution < 1.29 is 19.2 Å². The van der Waals surface area contributed by atoms with Gasteiger partial charge >= 0.3 is 0 Å². The van der Waals surface area contributed by atoms with Crippen LogP contribution in [0.4, 0.5) is 11.4 Å². The van der Waals surface area contributed by atoms with Crippen LogP contribution in [-0.2, 0) is 4.79 Å². The van der Waals surface area contributed by atoms with Gasteiger partial charge in [-0.3, -0.25) is 14.9 Å². The Morgan fingerprint density at radius 2 is 2.05 bits per heavy atom. The Hall–Kier alpha value is -2.35. The summed E-state index contributed by atoms with van der Waals surface area (Å²) in [6, 6.07) is 2.61. The van der Waals surface area contributed by atoms with Crippen LogP contribution in [0, 0.1) is 15.5 Å². The number of carbonyl (C=O) groups excluding carboxylic acids is 1. The Bertz CT molecular complexity index is 570. The fraction of sp³-hybridized carbons (Fsp3) is 0.417. The number of carbonyl (C=O) groups is 1. The van der Waals surface area contributed by atoms with Crippen molar-refractivity contribution in [1.82, 2.24) is 0 Å². The minimum atomic E-state index is -0.829. The Balaban J connectivity index is 2.36. The van der Waals surface area contributed by atoms with Crippen LogP contribution >= 0.6 is 0 Å². The third-order valence-corrected chi connectivity index (χ3v) is 3.06. The first kappa shape index (κ1) is 14.1. The number of benzene rings is 1. The average molecular weight is 281 g/mol. The molecule has 0 radical (unpaired) electrons. The predicted octanol–water partition coefficient (Wildman–Crippen LogP) is 1.25. The van der Waals surface area contributed by atoms with Crippen LogP contribution in [0.25, 0.3) is 0 Å². The van der Waals surface area contributed by atoms with E-state index >= 15 is 0 Å². The minimum Gasteiger partial charge on any atom is -0.454 e. The van der Waals surface area contributed by atoms with E-state index < -0.39 is 16.2 Å². The van der Waals surface area contributed by atoms with Crippen LogP contribution in [0.1, 0.15) is 13.8 Å². The highest BCUT2D eigenvalue weighted by Crippen LogP contribution is 2.40. The number of hydrogen-bond acceptors (Lipinski definition) is 6. The van der Waals surface area contributed by atoms with Crippen LogP contribution in [0.5, 0.6) is 11.5 Å². The molecule has 1 heterocycles. The van der Waals surface area contributed by atoms with E-state index in [2.05, 4.69) is 5.32 Å². The van der Waals surface area contributed by atoms with E-state index in [1.54, 1.807) is 13.8 Å². The molecule has 1 aliphatic heterocycles. The molecule has 0 atom stereocenters. The maximum Gasteiger partial charge on any atom is 0.296 e. The van der Waals surface area contributed by atoms with Crippen LogP contribution < -0.4 is 20.5 Å². The van der Waals surface area contributed by atoms with E-state index in [1.807, 2.05) is 0 Å². The number of amides is 1. The number of fused-ring (bicyclic) bond motifs is 1. The Kier molecular flexibility index (Phi) is 3.49. The molecule has 108 valence electrons. The second kappa shape index (κ2) is 4.97. The van der Waals surface area contributed by atoms with E-state index in [4.69, 9.17) is 15.2 Å². The summed E-state index contributed by atoms with van der Waals surface area (Å²) in [7, 11) is 0. The van der Waals surface area contributed by atoms with Gasteiger partial charge in [-0.25, -0.2) is 0 Å². The number of nitrogens with one attached hydrogen (secondary N) is 1. The molecule has 1 aromatic carbocycles. The maximum atomic E-state index is 12.1. The number of rotatable bonds is 4. The zero-order chi connectivity index (χ0) is 14.9. The van der Waals surface area contributed by atoms with Crippen LogP contribution in [0.2, 0.25) is 0 Å². The molecule has 1 aromatic rings. The number of nitrogens with two attached hydrogens (primary N) is 1. The monoisotopic (exact) mass is 281 g/mol. The summed E-state index contributed by atoms with van der Waals surface area (Å²) in [5, 5.41) is 13.6. The molecule has 0 bridgehead atoms. The van der Waals surface area contributed by atoms with Crippen LogP contribution in [0.3, 0.4) is 0 Å². The van der Waals surface area contributed by atoms with Crippen molar-refractivity contribution >= 4 is 17.3 Å². The van der Waals surface area contributed by atoms with Crippen molar-refractivity contribution in [2.24, 2.45) is 11.1 Å². The number of hydrogen-bond donors (Lipinski definition) is 2. The molecule has 0 aromatic heterocycles. The summed E-state index contributed by atoms with van der Waals surface area (Å²) >= 11 is 0. The SMILES string of the molecule is CC(C)(CN)C(=O)Nc1cc2c(cc1[N+](=O)[O-])OCO2. The summed E-state index contributed by atoms with van der Waals surface area (Å²) < 4.78 is 10.2. The van der Waals surface area contributed by atoms with Crippen LogP contribution in [-0.4, -0.2) is 24.2 Å². The molecule has 0 unspecified atom stereocenters. The van der Waals surface area contributed by atoms with Crippen molar-refractivity contribution in [3.8, 4) is 11.5 Å². The predicted molar refractivity (Wildman–Crippen MR) is 70.7 cm³/mol. The molecule has 20 heavy (non-hydrogen) atoms. The molecule has 0 fully saturated rings. The second-order valence-corrected chi connectivity index (χ2v) is 5.02. The number of nitro benzene ring substituents is 1. The third kappa shape index (κ3) is 2.50. The van der Waals surface area contributed by atoms with Gasteiger partial charge in [-0.05, 0) is 13.8 Å². The molecule has 0 saturated heterocycles. The number of nitrogens with zero attached hydrogens (tertiary/aromatic N) is 1. The molecule has 1 amide bonds. The third-order valence-electron chi connectivity index (χ3n) is 3.06. The van der Waals surface area contributed by atoms with Crippen molar-refractivity contribution in [2.45, 2.75) is 13.8 Å². The standard InChI is InChI=1S/C12H15N3O5/c1-12(2,5-13)11(16)14-7-3-9-10(20-6-19-9)4-8(7)15(17)18/h3-4H,5-6,13H2,1-2H3,(H,14,16). The van der Waals surface area contributed by atoms with Gasteiger partial charge < -0.3 is 20.5 Å². The zero-order valence-electron chi connectivity index (χ0n) is 11.1. The van der Waals surface area contributed by atoms with E-state index in [9.17, 15) is 14.9 Å². The minimum absolute atomic E-state index is 0.00181. The van der Waals surface area contributed by atoms with Gasteiger partial charge in [0.25, 0.3) is 5.69 Å². The van der Waals surface area contributed by atoms with Gasteiger partial charge in [0.05, 0.1) is 16.4 Å². The van der Waals surface area contributed by atoms with E-state index in [-0.39, 0.29) is 30.5 Å². The quantitative estimate of drug-likeness (QED) is 0.633. The highest BCUT2D eigenvalue weighted by molar-refractivity contribution is 5.97. The summed E-state index contributed by atoms with van der Waals surface area (Å²) in [5.74, 6) is 0.242. The first-order valence-corrected chi connectivity index (χ1v) is 5.94. The summed E-state index contributed by atoms with van der Waals surface area (Å²) in [5.41, 5.74) is 4.49. The van der Waals surface area contributed by atoms with Gasteiger partial charge in [0.2, 0.25) is 12.7 Å². The summed E-state index contributed by atoms with van der Waals surface area (Å²) in [6.45, 7) is 3.43. The topological polar surface area (TPSA) is 117 Å². The maximum absolute atomic E-state index is 12.1. The highest BCUT2D eigenvalue weighted by atomic mass is 16.7. The molecule has 0 aliphatic carbocycles. The number of anilines is 1. The zero-order valence-corrected chi connectivity index (χ0v) is 11.1. The lowest BCUT2D eigenvalue weighted by Gasteiger charge is -2.21. The van der Waals surface area contributed by atoms with Crippen molar-refractivity contribution in [3.63, 3.8) is 0 Å². The van der Waals surface area contributed by atoms with E-state index in [0.717, 1.165) is 0 Å². The van der Waals surface area contributed by atoms with Crippen molar-refractivity contribution in [2.75, 3.05) is 18.7 Å². The lowest BCUT2D eigenvalue weighted by atomic mass is 9.92. The lowest BCUT2D eigenvalue weighted by Crippen LogP contribution is -2.37. The molecule has 0 saturated carbocycles. The summed E-state index contributed by atoms with van der Waals surface area (Å²) in [4.78, 5) is 22.5. The van der Waals surface area contributed by atoms with Crippen molar-refractivity contribution in [3.05, 3.63) is 22.2 Å². The van der Waals surface area contributed by atoms with E-state index in [1.165, 1.54) is 12.1 Å². The molecule has 3 N–H and O–H groups in total. The normalized spacial score (nSPS) is 13.2. The first-order valence-electron chi connectivity index (χ1n) is 5.94. The molecular weight excluding hydrogens is 266 g/mol. The average Bonchev–Trinajstić information content (AvgIpc) is 2.84. The fourth-order valence-electron chi connectivity index (χ4n) is 1.57. The number of ether oxygens (including phenoxy) is 2. The number of nitro groups is 1. The molecule has 2 rings (SSSR count). The smallest absolute Gasteiger partial charge is 0.296 e. The van der Waals surface area contributed by atoms with Gasteiger partial charge in [-0.1, -0.05) is 0 Å². The van der Waals surface area contributed by atoms with Gasteiger partial charge in [0.15, 0.2) is 11.5 Å². The largest absolute Gasteiger partial charge is 0.454 e. The Morgan fingerprint density at radius 1 is 1.45 bits per heavy atom. The molecular formula is C12H15N3O5. The fourth-order valence-corrected chi connectivity index (χ4v) is 1.57. The Labute approximate surface area is 115 Å². The first-order chi connectivity index (χ1) is 9.35. The summed E-state index contributed by atoms with van der Waals surface area (Å²) in [6.07, 6.45) is 0. The molecule has 8 nitrogen and oxygen atoms in total.